The van der Waals surface area contributed by atoms with Gasteiger partial charge in [0.2, 0.25) is 12.7 Å². The Morgan fingerprint density at radius 3 is 2.96 bits per heavy atom. The number of nitrogens with one attached hydrogen (secondary N) is 1. The van der Waals surface area contributed by atoms with E-state index >= 15 is 0 Å². The van der Waals surface area contributed by atoms with Gasteiger partial charge in [-0.1, -0.05) is 41.6 Å². The molecule has 4 rings (SSSR count). The largest absolute Gasteiger partial charge is 0.454 e. The summed E-state index contributed by atoms with van der Waals surface area (Å²) in [6.07, 6.45) is 0.263. The normalized spacial score (nSPS) is 12.2. The van der Waals surface area contributed by atoms with Gasteiger partial charge < -0.3 is 14.8 Å². The monoisotopic (exact) mass is 432 g/mol. The number of ether oxygens (including phenoxy) is 2. The lowest BCUT2D eigenvalue weighted by Crippen LogP contribution is -2.24. The quantitative estimate of drug-likeness (QED) is 0.549. The van der Waals surface area contributed by atoms with Gasteiger partial charge in [0.05, 0.1) is 12.1 Å². The average molecular weight is 433 g/mol. The molecule has 1 amide bonds. The van der Waals surface area contributed by atoms with E-state index in [1.807, 2.05) is 47.8 Å². The molecule has 0 spiro atoms. The molecule has 144 valence electrons. The number of fused-ring (bicyclic) bond motifs is 1. The van der Waals surface area contributed by atoms with Crippen LogP contribution in [0, 0.1) is 0 Å². The van der Waals surface area contributed by atoms with Crippen LogP contribution in [0.3, 0.4) is 0 Å². The van der Waals surface area contributed by atoms with E-state index < -0.39 is 0 Å². The van der Waals surface area contributed by atoms with E-state index in [1.165, 1.54) is 0 Å². The number of thiazole rings is 1. The molecule has 0 radical (unpaired) electrons. The van der Waals surface area contributed by atoms with Crippen LogP contribution in [0.4, 0.5) is 0 Å². The van der Waals surface area contributed by atoms with Crippen LogP contribution in [-0.2, 0) is 23.5 Å². The highest BCUT2D eigenvalue weighted by Crippen LogP contribution is 2.32. The molecular formula is C20H17ClN2O3S2. The van der Waals surface area contributed by atoms with E-state index in [1.54, 1.807) is 23.1 Å². The third-order valence-electron chi connectivity index (χ3n) is 4.05. The highest BCUT2D eigenvalue weighted by atomic mass is 35.5. The van der Waals surface area contributed by atoms with Crippen LogP contribution >= 0.6 is 34.7 Å². The first-order valence-electron chi connectivity index (χ1n) is 8.62. The van der Waals surface area contributed by atoms with Crippen molar-refractivity contribution in [2.45, 2.75) is 23.1 Å². The Morgan fingerprint density at radius 2 is 2.07 bits per heavy atom. The Morgan fingerprint density at radius 1 is 1.18 bits per heavy atom. The van der Waals surface area contributed by atoms with Crippen molar-refractivity contribution in [3.8, 4) is 11.5 Å². The fraction of sp³-hybridized carbons (Fsp3) is 0.200. The molecule has 1 aromatic heterocycles. The molecular weight excluding hydrogens is 416 g/mol. The van der Waals surface area contributed by atoms with Crippen LogP contribution in [0.1, 0.15) is 16.8 Å². The maximum absolute atomic E-state index is 12.2. The minimum absolute atomic E-state index is 0.0608. The van der Waals surface area contributed by atoms with Gasteiger partial charge in [-0.25, -0.2) is 4.98 Å². The molecule has 0 atom stereocenters. The first-order chi connectivity index (χ1) is 13.7. The van der Waals surface area contributed by atoms with Gasteiger partial charge in [0.25, 0.3) is 0 Å². The van der Waals surface area contributed by atoms with Gasteiger partial charge in [-0.3, -0.25) is 4.79 Å². The smallest absolute Gasteiger partial charge is 0.231 e. The molecule has 3 aromatic rings. The third kappa shape index (κ3) is 4.98. The van der Waals surface area contributed by atoms with Gasteiger partial charge in [-0.2, -0.15) is 0 Å². The van der Waals surface area contributed by atoms with Crippen LogP contribution in [0.15, 0.2) is 52.2 Å². The minimum Gasteiger partial charge on any atom is -0.454 e. The first-order valence-corrected chi connectivity index (χ1v) is 10.9. The molecule has 1 N–H and O–H groups in total. The Labute approximate surface area is 176 Å². The van der Waals surface area contributed by atoms with E-state index in [2.05, 4.69) is 10.3 Å². The van der Waals surface area contributed by atoms with Crippen molar-refractivity contribution in [3.05, 3.63) is 69.7 Å². The highest BCUT2D eigenvalue weighted by molar-refractivity contribution is 8.00. The predicted molar refractivity (Wildman–Crippen MR) is 111 cm³/mol. The van der Waals surface area contributed by atoms with Gasteiger partial charge in [-0.05, 0) is 35.4 Å². The number of hydrogen-bond acceptors (Lipinski definition) is 6. The number of rotatable bonds is 7. The summed E-state index contributed by atoms with van der Waals surface area (Å²) in [7, 11) is 0. The Bertz CT molecular complexity index is 993. The first kappa shape index (κ1) is 19.1. The number of aromatic nitrogens is 1. The second-order valence-corrected chi connectivity index (χ2v) is 8.68. The van der Waals surface area contributed by atoms with Gasteiger partial charge in [-0.15, -0.1) is 11.3 Å². The average Bonchev–Trinajstić information content (AvgIpc) is 3.33. The van der Waals surface area contributed by atoms with Crippen molar-refractivity contribution in [1.82, 2.24) is 10.3 Å². The maximum atomic E-state index is 12.2. The van der Waals surface area contributed by atoms with Gasteiger partial charge in [0.15, 0.2) is 11.5 Å². The fourth-order valence-corrected chi connectivity index (χ4v) is 4.69. The molecule has 0 aliphatic carbocycles. The number of thioether (sulfide) groups is 1. The number of halogens is 1. The summed E-state index contributed by atoms with van der Waals surface area (Å²) in [5, 5.41) is 5.58. The van der Waals surface area contributed by atoms with Gasteiger partial charge in [0.1, 0.15) is 4.34 Å². The lowest BCUT2D eigenvalue weighted by Gasteiger charge is -2.05. The van der Waals surface area contributed by atoms with Crippen LogP contribution in [0.5, 0.6) is 11.5 Å². The van der Waals surface area contributed by atoms with Crippen LogP contribution in [0.25, 0.3) is 0 Å². The number of benzene rings is 2. The highest BCUT2D eigenvalue weighted by Gasteiger charge is 2.14. The molecule has 0 saturated carbocycles. The second-order valence-electron chi connectivity index (χ2n) is 6.16. The molecule has 1 aliphatic rings. The van der Waals surface area contributed by atoms with E-state index in [9.17, 15) is 4.79 Å². The summed E-state index contributed by atoms with van der Waals surface area (Å²) in [4.78, 5) is 16.8. The van der Waals surface area contributed by atoms with Crippen molar-refractivity contribution in [1.29, 1.82) is 0 Å². The Kier molecular flexibility index (Phi) is 6.04. The minimum atomic E-state index is -0.0608. The predicted octanol–water partition coefficient (Wildman–Crippen LogP) is 4.68. The third-order valence-corrected chi connectivity index (χ3v) is 6.43. The van der Waals surface area contributed by atoms with Gasteiger partial charge >= 0.3 is 0 Å². The Hall–Kier alpha value is -2.22. The summed E-state index contributed by atoms with van der Waals surface area (Å²) >= 11 is 9.20. The lowest BCUT2D eigenvalue weighted by atomic mass is 10.2. The van der Waals surface area contributed by atoms with Crippen molar-refractivity contribution < 1.29 is 14.3 Å². The molecule has 5 nitrogen and oxygen atoms in total. The second kappa shape index (κ2) is 8.86. The van der Waals surface area contributed by atoms with Crippen molar-refractivity contribution in [3.63, 3.8) is 0 Å². The molecule has 0 fully saturated rings. The van der Waals surface area contributed by atoms with Crippen molar-refractivity contribution in [2.24, 2.45) is 0 Å². The lowest BCUT2D eigenvalue weighted by molar-refractivity contribution is -0.120. The van der Waals surface area contributed by atoms with Crippen LogP contribution in [-0.4, -0.2) is 17.7 Å². The van der Waals surface area contributed by atoms with E-state index in [0.29, 0.717) is 12.3 Å². The molecule has 0 saturated heterocycles. The van der Waals surface area contributed by atoms with E-state index in [-0.39, 0.29) is 19.1 Å². The number of nitrogens with zero attached hydrogens (tertiary/aromatic N) is 1. The maximum Gasteiger partial charge on any atom is 0.231 e. The number of carbonyl (C=O) groups is 1. The Balaban J connectivity index is 1.25. The molecule has 0 unspecified atom stereocenters. The zero-order valence-corrected chi connectivity index (χ0v) is 17.2. The fourth-order valence-electron chi connectivity index (χ4n) is 2.69. The van der Waals surface area contributed by atoms with E-state index in [4.69, 9.17) is 21.1 Å². The van der Waals surface area contributed by atoms with E-state index in [0.717, 1.165) is 37.7 Å². The summed E-state index contributed by atoms with van der Waals surface area (Å²) in [6, 6.07) is 13.4. The summed E-state index contributed by atoms with van der Waals surface area (Å²) in [6.45, 7) is 0.683. The van der Waals surface area contributed by atoms with Crippen LogP contribution < -0.4 is 14.8 Å². The van der Waals surface area contributed by atoms with Crippen molar-refractivity contribution >= 4 is 40.6 Å². The molecule has 2 heterocycles. The molecule has 28 heavy (non-hydrogen) atoms. The summed E-state index contributed by atoms with van der Waals surface area (Å²) in [5.74, 6) is 2.19. The molecule has 0 bridgehead atoms. The SMILES string of the molecule is O=C(Cc1csc(SCc2cccc(Cl)c2)n1)NCc1ccc2c(c1)OCO2. The number of carbonyl (C=O) groups excluding carboxylic acids is 1. The van der Waals surface area contributed by atoms with Crippen molar-refractivity contribution in [2.75, 3.05) is 6.79 Å². The molecule has 1 aliphatic heterocycles. The summed E-state index contributed by atoms with van der Waals surface area (Å²) < 4.78 is 11.6. The molecule has 2 aromatic carbocycles. The molecule has 8 heteroatoms. The topological polar surface area (TPSA) is 60.5 Å². The standard InChI is InChI=1S/C20H17ClN2O3S2/c21-15-3-1-2-14(6-15)10-27-20-23-16(11-28-20)8-19(24)22-9-13-4-5-17-18(7-13)26-12-25-17/h1-7,11H,8-10,12H2,(H,22,24). The van der Waals surface area contributed by atoms with Crippen LogP contribution in [0.2, 0.25) is 5.02 Å². The summed E-state index contributed by atoms with van der Waals surface area (Å²) in [5.41, 5.74) is 2.89. The zero-order chi connectivity index (χ0) is 19.3. The van der Waals surface area contributed by atoms with Gasteiger partial charge in [0, 0.05) is 22.7 Å². The zero-order valence-electron chi connectivity index (χ0n) is 14.8. The number of amides is 1. The number of hydrogen-bond donors (Lipinski definition) is 1.